The third kappa shape index (κ3) is 2.64. The van der Waals surface area contributed by atoms with Gasteiger partial charge in [0, 0.05) is 26.7 Å². The van der Waals surface area contributed by atoms with Crippen molar-refractivity contribution in [1.82, 2.24) is 9.97 Å². The number of hydrogen-bond donors (Lipinski definition) is 1. The third-order valence-corrected chi connectivity index (χ3v) is 7.06. The second-order valence-electron chi connectivity index (χ2n) is 5.56. The molecule has 0 saturated carbocycles. The Labute approximate surface area is 156 Å². The van der Waals surface area contributed by atoms with Gasteiger partial charge in [-0.2, -0.15) is 0 Å². The van der Waals surface area contributed by atoms with Crippen molar-refractivity contribution in [3.05, 3.63) is 58.4 Å². The molecule has 122 valence electrons. The van der Waals surface area contributed by atoms with E-state index in [0.29, 0.717) is 10.7 Å². The summed E-state index contributed by atoms with van der Waals surface area (Å²) in [5, 5.41) is 3.60. The maximum atomic E-state index is 12.6. The molecule has 4 nitrogen and oxygen atoms in total. The summed E-state index contributed by atoms with van der Waals surface area (Å²) >= 11 is 4.90. The number of benzene rings is 2. The van der Waals surface area contributed by atoms with Crippen LogP contribution in [0.5, 0.6) is 0 Å². The van der Waals surface area contributed by atoms with Gasteiger partial charge in [-0.3, -0.25) is 10.1 Å². The van der Waals surface area contributed by atoms with Gasteiger partial charge in [0.25, 0.3) is 5.91 Å². The van der Waals surface area contributed by atoms with Crippen molar-refractivity contribution in [1.29, 1.82) is 0 Å². The summed E-state index contributed by atoms with van der Waals surface area (Å²) in [5.74, 6) is 0.759. The van der Waals surface area contributed by atoms with Crippen LogP contribution >= 0.6 is 34.4 Å². The lowest BCUT2D eigenvalue weighted by Gasteiger charge is -2.13. The number of thiazole rings is 2. The Morgan fingerprint density at radius 1 is 1.16 bits per heavy atom. The average molecular weight is 382 g/mol. The quantitative estimate of drug-likeness (QED) is 0.513. The SMILES string of the molecule is O=C(Nc1nc2c(s1)CSc1ccccc1-2)c1ccc2ncsc2c1. The Balaban J connectivity index is 1.45. The van der Waals surface area contributed by atoms with Gasteiger partial charge in [0.15, 0.2) is 5.13 Å². The van der Waals surface area contributed by atoms with Gasteiger partial charge in [-0.15, -0.1) is 34.4 Å². The number of rotatable bonds is 2. The molecule has 4 aromatic rings. The van der Waals surface area contributed by atoms with Crippen LogP contribution in [0.4, 0.5) is 5.13 Å². The maximum absolute atomic E-state index is 12.6. The summed E-state index contributed by atoms with van der Waals surface area (Å²) in [5.41, 5.74) is 5.47. The van der Waals surface area contributed by atoms with E-state index in [4.69, 9.17) is 0 Å². The number of carbonyl (C=O) groups is 1. The topological polar surface area (TPSA) is 54.9 Å². The van der Waals surface area contributed by atoms with Crippen molar-refractivity contribution in [2.24, 2.45) is 0 Å². The minimum absolute atomic E-state index is 0.137. The van der Waals surface area contributed by atoms with E-state index >= 15 is 0 Å². The number of thioether (sulfide) groups is 1. The zero-order valence-corrected chi connectivity index (χ0v) is 15.3. The minimum atomic E-state index is -0.137. The van der Waals surface area contributed by atoms with Gasteiger partial charge in [-0.05, 0) is 24.3 Å². The number of nitrogens with zero attached hydrogens (tertiary/aromatic N) is 2. The van der Waals surface area contributed by atoms with Gasteiger partial charge in [0.1, 0.15) is 0 Å². The summed E-state index contributed by atoms with van der Waals surface area (Å²) in [4.78, 5) is 23.9. The van der Waals surface area contributed by atoms with E-state index in [1.165, 1.54) is 21.1 Å². The lowest BCUT2D eigenvalue weighted by atomic mass is 10.1. The Bertz CT molecular complexity index is 1120. The number of hydrogen-bond acceptors (Lipinski definition) is 6. The fraction of sp³-hybridized carbons (Fsp3) is 0.0556. The first-order chi connectivity index (χ1) is 12.3. The van der Waals surface area contributed by atoms with Gasteiger partial charge in [0.2, 0.25) is 0 Å². The summed E-state index contributed by atoms with van der Waals surface area (Å²) in [7, 11) is 0. The largest absolute Gasteiger partial charge is 0.298 e. The van der Waals surface area contributed by atoms with Crippen LogP contribution in [-0.2, 0) is 5.75 Å². The van der Waals surface area contributed by atoms with Crippen molar-refractivity contribution in [3.8, 4) is 11.3 Å². The second-order valence-corrected chi connectivity index (χ2v) is 8.55. The first kappa shape index (κ1) is 15.1. The Morgan fingerprint density at radius 2 is 2.08 bits per heavy atom. The zero-order chi connectivity index (χ0) is 16.8. The first-order valence-electron chi connectivity index (χ1n) is 7.64. The first-order valence-corrected chi connectivity index (χ1v) is 10.3. The Hall–Kier alpha value is -2.22. The minimum Gasteiger partial charge on any atom is -0.298 e. The molecule has 2 aromatic carbocycles. The molecule has 3 heterocycles. The van der Waals surface area contributed by atoms with E-state index in [9.17, 15) is 4.79 Å². The van der Waals surface area contributed by atoms with Gasteiger partial charge in [-0.25, -0.2) is 9.97 Å². The monoisotopic (exact) mass is 381 g/mol. The van der Waals surface area contributed by atoms with Crippen molar-refractivity contribution in [2.75, 3.05) is 5.32 Å². The van der Waals surface area contributed by atoms with Crippen LogP contribution in [-0.4, -0.2) is 15.9 Å². The molecule has 5 rings (SSSR count). The number of aromatic nitrogens is 2. The lowest BCUT2D eigenvalue weighted by molar-refractivity contribution is 0.102. The fourth-order valence-electron chi connectivity index (χ4n) is 2.81. The highest BCUT2D eigenvalue weighted by Crippen LogP contribution is 2.44. The molecule has 25 heavy (non-hydrogen) atoms. The summed E-state index contributed by atoms with van der Waals surface area (Å²) in [6.45, 7) is 0. The van der Waals surface area contributed by atoms with E-state index in [1.807, 2.05) is 36.0 Å². The van der Waals surface area contributed by atoms with E-state index < -0.39 is 0 Å². The van der Waals surface area contributed by atoms with Crippen molar-refractivity contribution in [3.63, 3.8) is 0 Å². The summed E-state index contributed by atoms with van der Waals surface area (Å²) in [6.07, 6.45) is 0. The summed E-state index contributed by atoms with van der Waals surface area (Å²) in [6, 6.07) is 13.8. The normalized spacial score (nSPS) is 12.6. The van der Waals surface area contributed by atoms with Crippen LogP contribution in [0, 0.1) is 0 Å². The van der Waals surface area contributed by atoms with Crippen molar-refractivity contribution < 1.29 is 4.79 Å². The summed E-state index contributed by atoms with van der Waals surface area (Å²) < 4.78 is 1.01. The van der Waals surface area contributed by atoms with Gasteiger partial charge >= 0.3 is 0 Å². The Kier molecular flexibility index (Phi) is 3.58. The van der Waals surface area contributed by atoms with Gasteiger partial charge < -0.3 is 0 Å². The molecular weight excluding hydrogens is 370 g/mol. The Morgan fingerprint density at radius 3 is 3.04 bits per heavy atom. The fourth-order valence-corrected chi connectivity index (χ4v) is 5.62. The smallest absolute Gasteiger partial charge is 0.257 e. The number of anilines is 1. The van der Waals surface area contributed by atoms with Crippen molar-refractivity contribution in [2.45, 2.75) is 10.6 Å². The van der Waals surface area contributed by atoms with Crippen LogP contribution in [0.25, 0.3) is 21.5 Å². The molecule has 0 unspecified atom stereocenters. The van der Waals surface area contributed by atoms with Crippen LogP contribution in [0.1, 0.15) is 15.2 Å². The molecule has 0 bridgehead atoms. The standard InChI is InChI=1S/C18H11N3OS3/c22-17(10-5-6-12-14(7-10)24-9-19-12)21-18-20-16-11-3-1-2-4-13(11)23-8-15(16)25-18/h1-7,9H,8H2,(H,20,21,22). The second kappa shape index (κ2) is 5.94. The molecular formula is C18H11N3OS3. The number of nitrogens with one attached hydrogen (secondary N) is 1. The predicted octanol–water partition coefficient (Wildman–Crippen LogP) is 5.28. The lowest BCUT2D eigenvalue weighted by Crippen LogP contribution is -2.11. The van der Waals surface area contributed by atoms with E-state index in [-0.39, 0.29) is 5.91 Å². The van der Waals surface area contributed by atoms with Gasteiger partial charge in [-0.1, -0.05) is 18.2 Å². The predicted molar refractivity (Wildman–Crippen MR) is 105 cm³/mol. The molecule has 1 aliphatic rings. The molecule has 0 spiro atoms. The van der Waals surface area contributed by atoms with E-state index in [0.717, 1.165) is 27.2 Å². The highest BCUT2D eigenvalue weighted by molar-refractivity contribution is 7.98. The van der Waals surface area contributed by atoms with Crippen LogP contribution < -0.4 is 5.32 Å². The molecule has 1 N–H and O–H groups in total. The van der Waals surface area contributed by atoms with Crippen molar-refractivity contribution >= 4 is 55.7 Å². The molecule has 1 amide bonds. The molecule has 2 aromatic heterocycles. The highest BCUT2D eigenvalue weighted by Gasteiger charge is 2.22. The molecule has 0 fully saturated rings. The maximum Gasteiger partial charge on any atom is 0.257 e. The van der Waals surface area contributed by atoms with Crippen LogP contribution in [0.3, 0.4) is 0 Å². The highest BCUT2D eigenvalue weighted by atomic mass is 32.2. The molecule has 7 heteroatoms. The molecule has 0 aliphatic carbocycles. The molecule has 0 saturated heterocycles. The number of carbonyl (C=O) groups excluding carboxylic acids is 1. The number of fused-ring (bicyclic) bond motifs is 4. The average Bonchev–Trinajstić information content (AvgIpc) is 3.27. The molecule has 1 aliphatic heterocycles. The van der Waals surface area contributed by atoms with Crippen LogP contribution in [0.15, 0.2) is 52.9 Å². The van der Waals surface area contributed by atoms with E-state index in [1.54, 1.807) is 22.9 Å². The molecule has 0 radical (unpaired) electrons. The molecule has 0 atom stereocenters. The third-order valence-electron chi connectivity index (χ3n) is 4.01. The van der Waals surface area contributed by atoms with E-state index in [2.05, 4.69) is 27.4 Å². The van der Waals surface area contributed by atoms with Gasteiger partial charge in [0.05, 0.1) is 21.4 Å². The zero-order valence-electron chi connectivity index (χ0n) is 12.9. The number of amides is 1. The van der Waals surface area contributed by atoms with Crippen LogP contribution in [0.2, 0.25) is 0 Å².